The van der Waals surface area contributed by atoms with Crippen molar-refractivity contribution >= 4 is 33.5 Å². The second-order valence-corrected chi connectivity index (χ2v) is 6.21. The van der Waals surface area contributed by atoms with Crippen molar-refractivity contribution in [2.75, 3.05) is 29.2 Å². The van der Waals surface area contributed by atoms with Gasteiger partial charge in [0.1, 0.15) is 5.82 Å². The van der Waals surface area contributed by atoms with Crippen molar-refractivity contribution < 1.29 is 4.21 Å². The van der Waals surface area contributed by atoms with Crippen LogP contribution in [0.15, 0.2) is 24.3 Å². The second-order valence-electron chi connectivity index (χ2n) is 4.73. The molecule has 0 radical (unpaired) electrons. The third-order valence-electron chi connectivity index (χ3n) is 2.81. The molecule has 0 bridgehead atoms. The molecular formula is C14H20N4OS. The smallest absolute Gasteiger partial charge is 0.225 e. The molecule has 20 heavy (non-hydrogen) atoms. The summed E-state index contributed by atoms with van der Waals surface area (Å²) in [6.07, 6.45) is 1.71. The van der Waals surface area contributed by atoms with Gasteiger partial charge in [0, 0.05) is 40.8 Å². The molecule has 5 nitrogen and oxygen atoms in total. The summed E-state index contributed by atoms with van der Waals surface area (Å²) in [5.74, 6) is 1.98. The van der Waals surface area contributed by atoms with E-state index in [4.69, 9.17) is 0 Å². The number of hydrogen-bond acceptors (Lipinski definition) is 5. The lowest BCUT2D eigenvalue weighted by atomic mass is 10.2. The van der Waals surface area contributed by atoms with Gasteiger partial charge >= 0.3 is 0 Å². The first-order valence-corrected chi connectivity index (χ1v) is 8.40. The zero-order valence-corrected chi connectivity index (χ0v) is 12.8. The molecule has 0 saturated heterocycles. The van der Waals surface area contributed by atoms with E-state index in [2.05, 4.69) is 20.6 Å². The second kappa shape index (κ2) is 6.65. The lowest BCUT2D eigenvalue weighted by Gasteiger charge is -2.16. The molecule has 0 aliphatic heterocycles. The third-order valence-corrected chi connectivity index (χ3v) is 3.78. The van der Waals surface area contributed by atoms with Crippen LogP contribution in [0.1, 0.15) is 13.8 Å². The fraction of sp³-hybridized carbons (Fsp3) is 0.429. The van der Waals surface area contributed by atoms with Crippen LogP contribution in [0.4, 0.5) is 11.8 Å². The summed E-state index contributed by atoms with van der Waals surface area (Å²) in [6, 6.07) is 7.97. The zero-order chi connectivity index (χ0) is 14.5. The summed E-state index contributed by atoms with van der Waals surface area (Å²) >= 11 is 0. The van der Waals surface area contributed by atoms with Crippen LogP contribution in [0.3, 0.4) is 0 Å². The molecular weight excluding hydrogens is 272 g/mol. The number of aromatic nitrogens is 2. The fourth-order valence-electron chi connectivity index (χ4n) is 2.05. The van der Waals surface area contributed by atoms with Crippen LogP contribution >= 0.6 is 0 Å². The molecule has 2 N–H and O–H groups in total. The van der Waals surface area contributed by atoms with Crippen LogP contribution < -0.4 is 10.6 Å². The number of benzene rings is 1. The predicted octanol–water partition coefficient (Wildman–Crippen LogP) is 2.24. The molecule has 1 heterocycles. The molecule has 0 spiro atoms. The van der Waals surface area contributed by atoms with Crippen molar-refractivity contribution in [3.63, 3.8) is 0 Å². The summed E-state index contributed by atoms with van der Waals surface area (Å²) in [7, 11) is -0.833. The van der Waals surface area contributed by atoms with Gasteiger partial charge in [-0.1, -0.05) is 12.1 Å². The van der Waals surface area contributed by atoms with Gasteiger partial charge in [-0.3, -0.25) is 4.21 Å². The SMILES string of the molecule is CCNc1nc(NC(C)CS(C)=O)c2ccccc2n1. The molecule has 2 rings (SSSR count). The normalized spacial score (nSPS) is 13.9. The van der Waals surface area contributed by atoms with Crippen LogP contribution in [-0.2, 0) is 10.8 Å². The summed E-state index contributed by atoms with van der Waals surface area (Å²) in [6.45, 7) is 4.78. The zero-order valence-electron chi connectivity index (χ0n) is 12.0. The van der Waals surface area contributed by atoms with Gasteiger partial charge in [0.2, 0.25) is 5.95 Å². The minimum atomic E-state index is -0.833. The monoisotopic (exact) mass is 292 g/mol. The average molecular weight is 292 g/mol. The molecule has 108 valence electrons. The van der Waals surface area contributed by atoms with Gasteiger partial charge in [-0.05, 0) is 26.0 Å². The highest BCUT2D eigenvalue weighted by Crippen LogP contribution is 2.22. The number of para-hydroxylation sites is 1. The maximum Gasteiger partial charge on any atom is 0.225 e. The van der Waals surface area contributed by atoms with E-state index < -0.39 is 10.8 Å². The van der Waals surface area contributed by atoms with Crippen molar-refractivity contribution in [1.82, 2.24) is 9.97 Å². The highest BCUT2D eigenvalue weighted by Gasteiger charge is 2.10. The van der Waals surface area contributed by atoms with Crippen molar-refractivity contribution in [2.45, 2.75) is 19.9 Å². The molecule has 6 heteroatoms. The van der Waals surface area contributed by atoms with Gasteiger partial charge in [-0.2, -0.15) is 4.98 Å². The van der Waals surface area contributed by atoms with Crippen LogP contribution in [-0.4, -0.2) is 38.8 Å². The number of rotatable bonds is 6. The third kappa shape index (κ3) is 3.66. The first-order valence-electron chi connectivity index (χ1n) is 6.67. The van der Waals surface area contributed by atoms with Crippen LogP contribution in [0, 0.1) is 0 Å². The highest BCUT2D eigenvalue weighted by atomic mass is 32.2. The Bertz CT molecular complexity index is 617. The Morgan fingerprint density at radius 1 is 1.30 bits per heavy atom. The lowest BCUT2D eigenvalue weighted by molar-refractivity contribution is 0.683. The predicted molar refractivity (Wildman–Crippen MR) is 85.7 cm³/mol. The molecule has 0 aliphatic carbocycles. The largest absolute Gasteiger partial charge is 0.366 e. The van der Waals surface area contributed by atoms with Gasteiger partial charge in [0.25, 0.3) is 0 Å². The molecule has 2 atom stereocenters. The van der Waals surface area contributed by atoms with E-state index in [9.17, 15) is 4.21 Å². The van der Waals surface area contributed by atoms with E-state index in [-0.39, 0.29) is 6.04 Å². The summed E-state index contributed by atoms with van der Waals surface area (Å²) in [4.78, 5) is 8.98. The van der Waals surface area contributed by atoms with Crippen molar-refractivity contribution in [1.29, 1.82) is 0 Å². The number of nitrogens with zero attached hydrogens (tertiary/aromatic N) is 2. The first-order chi connectivity index (χ1) is 9.60. The Balaban J connectivity index is 2.36. The van der Waals surface area contributed by atoms with E-state index in [1.54, 1.807) is 6.26 Å². The van der Waals surface area contributed by atoms with Crippen LogP contribution in [0.25, 0.3) is 10.9 Å². The van der Waals surface area contributed by atoms with Gasteiger partial charge < -0.3 is 10.6 Å². The number of fused-ring (bicyclic) bond motifs is 1. The van der Waals surface area contributed by atoms with Gasteiger partial charge in [-0.15, -0.1) is 0 Å². The standard InChI is InChI=1S/C14H20N4OS/c1-4-15-14-17-12-8-6-5-7-11(12)13(18-14)16-10(2)9-20(3)19/h5-8,10H,4,9H2,1-3H3,(H2,15,16,17,18). The molecule has 0 aliphatic rings. The van der Waals surface area contributed by atoms with Crippen LogP contribution in [0.5, 0.6) is 0 Å². The fourth-order valence-corrected chi connectivity index (χ4v) is 2.84. The minimum Gasteiger partial charge on any atom is -0.366 e. The van der Waals surface area contributed by atoms with Gasteiger partial charge in [-0.25, -0.2) is 4.98 Å². The molecule has 0 fully saturated rings. The quantitative estimate of drug-likeness (QED) is 0.854. The van der Waals surface area contributed by atoms with Crippen molar-refractivity contribution in [3.8, 4) is 0 Å². The van der Waals surface area contributed by atoms with Crippen LogP contribution in [0.2, 0.25) is 0 Å². The Hall–Kier alpha value is -1.69. The van der Waals surface area contributed by atoms with E-state index in [1.807, 2.05) is 38.1 Å². The maximum atomic E-state index is 11.3. The maximum absolute atomic E-state index is 11.3. The Labute approximate surface area is 121 Å². The van der Waals surface area contributed by atoms with Crippen molar-refractivity contribution in [2.24, 2.45) is 0 Å². The minimum absolute atomic E-state index is 0.0913. The lowest BCUT2D eigenvalue weighted by Crippen LogP contribution is -2.23. The van der Waals surface area contributed by atoms with E-state index in [0.717, 1.165) is 23.3 Å². The van der Waals surface area contributed by atoms with Gasteiger partial charge in [0.05, 0.1) is 5.52 Å². The Morgan fingerprint density at radius 3 is 2.75 bits per heavy atom. The molecule has 2 aromatic rings. The topological polar surface area (TPSA) is 66.9 Å². The number of nitrogens with one attached hydrogen (secondary N) is 2. The van der Waals surface area contributed by atoms with Crippen molar-refractivity contribution in [3.05, 3.63) is 24.3 Å². The summed E-state index contributed by atoms with van der Waals surface area (Å²) in [5, 5.41) is 7.44. The Kier molecular flexibility index (Phi) is 4.89. The first kappa shape index (κ1) is 14.7. The molecule has 0 amide bonds. The van der Waals surface area contributed by atoms with Gasteiger partial charge in [0.15, 0.2) is 0 Å². The van der Waals surface area contributed by atoms with E-state index in [0.29, 0.717) is 11.7 Å². The molecule has 1 aromatic heterocycles. The summed E-state index contributed by atoms with van der Waals surface area (Å²) in [5.41, 5.74) is 0.894. The highest BCUT2D eigenvalue weighted by molar-refractivity contribution is 7.84. The average Bonchev–Trinajstić information content (AvgIpc) is 2.38. The Morgan fingerprint density at radius 2 is 2.05 bits per heavy atom. The summed E-state index contributed by atoms with van der Waals surface area (Å²) < 4.78 is 11.3. The molecule has 0 saturated carbocycles. The number of anilines is 2. The van der Waals surface area contributed by atoms with E-state index >= 15 is 0 Å². The van der Waals surface area contributed by atoms with E-state index in [1.165, 1.54) is 0 Å². The number of hydrogen-bond donors (Lipinski definition) is 2. The molecule has 1 aromatic carbocycles. The molecule has 2 unspecified atom stereocenters.